The maximum absolute atomic E-state index is 10.8. The molecule has 1 aliphatic heterocycles. The van der Waals surface area contributed by atoms with Crippen molar-refractivity contribution in [3.63, 3.8) is 0 Å². The van der Waals surface area contributed by atoms with E-state index in [2.05, 4.69) is 4.90 Å². The highest BCUT2D eigenvalue weighted by Crippen LogP contribution is 2.29. The molecule has 0 radical (unpaired) electrons. The average Bonchev–Trinajstić information content (AvgIpc) is 2.36. The number of aliphatic hydroxyl groups is 1. The average molecular weight is 250 g/mol. The van der Waals surface area contributed by atoms with E-state index in [9.17, 15) is 9.90 Å². The molecule has 1 aliphatic rings. The molecule has 1 aromatic rings. The molecule has 2 unspecified atom stereocenters. The van der Waals surface area contributed by atoms with Crippen molar-refractivity contribution < 1.29 is 15.0 Å². The van der Waals surface area contributed by atoms with Gasteiger partial charge in [0.25, 0.3) is 0 Å². The maximum Gasteiger partial charge on any atom is 0.323 e. The van der Waals surface area contributed by atoms with Crippen molar-refractivity contribution in [3.05, 3.63) is 29.3 Å². The molecule has 5 nitrogen and oxygen atoms in total. The lowest BCUT2D eigenvalue weighted by Crippen LogP contribution is -2.36. The Balaban J connectivity index is 2.28. The van der Waals surface area contributed by atoms with Crippen molar-refractivity contribution in [2.24, 2.45) is 5.73 Å². The molecule has 0 saturated heterocycles. The highest BCUT2D eigenvalue weighted by atomic mass is 16.4. The van der Waals surface area contributed by atoms with Crippen LogP contribution in [0.1, 0.15) is 23.7 Å². The van der Waals surface area contributed by atoms with Gasteiger partial charge in [-0.15, -0.1) is 0 Å². The molecule has 2 rings (SSSR count). The van der Waals surface area contributed by atoms with Crippen LogP contribution < -0.4 is 10.6 Å². The van der Waals surface area contributed by atoms with Crippen LogP contribution in [0.25, 0.3) is 0 Å². The van der Waals surface area contributed by atoms with Gasteiger partial charge in [-0.25, -0.2) is 0 Å². The van der Waals surface area contributed by atoms with Gasteiger partial charge in [-0.3, -0.25) is 4.79 Å². The standard InChI is InChI=1S/C13H18N2O3/c1-15-6-2-3-8-7-9(4-5-10(8)15)12(16)11(14)13(17)18/h4-5,7,11-12,16H,2-3,6,14H2,1H3,(H,17,18). The van der Waals surface area contributed by atoms with Gasteiger partial charge in [-0.1, -0.05) is 12.1 Å². The lowest BCUT2D eigenvalue weighted by atomic mass is 9.95. The van der Waals surface area contributed by atoms with Gasteiger partial charge in [0, 0.05) is 19.3 Å². The van der Waals surface area contributed by atoms with Crippen LogP contribution in [-0.4, -0.2) is 35.8 Å². The molecule has 0 bridgehead atoms. The van der Waals surface area contributed by atoms with Gasteiger partial charge in [0.05, 0.1) is 0 Å². The number of fused-ring (bicyclic) bond motifs is 1. The molecule has 0 saturated carbocycles. The Bertz CT molecular complexity index is 462. The summed E-state index contributed by atoms with van der Waals surface area (Å²) in [6.45, 7) is 1.02. The van der Waals surface area contributed by atoms with Gasteiger partial charge in [-0.2, -0.15) is 0 Å². The molecule has 98 valence electrons. The van der Waals surface area contributed by atoms with Gasteiger partial charge in [0.2, 0.25) is 0 Å². The number of rotatable bonds is 3. The Hall–Kier alpha value is -1.59. The fourth-order valence-corrected chi connectivity index (χ4v) is 2.33. The van der Waals surface area contributed by atoms with E-state index >= 15 is 0 Å². The molecule has 1 heterocycles. The summed E-state index contributed by atoms with van der Waals surface area (Å²) in [5, 5.41) is 18.7. The minimum absolute atomic E-state index is 0.568. The Labute approximate surface area is 106 Å². The number of aliphatic carboxylic acids is 1. The summed E-state index contributed by atoms with van der Waals surface area (Å²) in [6.07, 6.45) is 0.844. The Morgan fingerprint density at radius 2 is 2.22 bits per heavy atom. The number of hydrogen-bond acceptors (Lipinski definition) is 4. The van der Waals surface area contributed by atoms with Crippen LogP contribution in [0.5, 0.6) is 0 Å². The molecule has 0 spiro atoms. The van der Waals surface area contributed by atoms with Crippen LogP contribution in [-0.2, 0) is 11.2 Å². The van der Waals surface area contributed by atoms with Crippen LogP contribution in [0.4, 0.5) is 5.69 Å². The first-order valence-corrected chi connectivity index (χ1v) is 6.01. The molecule has 4 N–H and O–H groups in total. The third-order valence-corrected chi connectivity index (χ3v) is 3.42. The fourth-order valence-electron chi connectivity index (χ4n) is 2.33. The summed E-state index contributed by atoms with van der Waals surface area (Å²) < 4.78 is 0. The van der Waals surface area contributed by atoms with Crippen molar-refractivity contribution in [1.82, 2.24) is 0 Å². The number of hydrogen-bond donors (Lipinski definition) is 3. The molecule has 0 fully saturated rings. The summed E-state index contributed by atoms with van der Waals surface area (Å²) in [5.41, 5.74) is 8.28. The van der Waals surface area contributed by atoms with Gasteiger partial charge >= 0.3 is 5.97 Å². The molecule has 0 amide bonds. The summed E-state index contributed by atoms with van der Waals surface area (Å²) in [5.74, 6) is -1.20. The lowest BCUT2D eigenvalue weighted by Gasteiger charge is -2.28. The van der Waals surface area contributed by atoms with Crippen molar-refractivity contribution >= 4 is 11.7 Å². The zero-order chi connectivity index (χ0) is 13.3. The van der Waals surface area contributed by atoms with Crippen molar-refractivity contribution in [1.29, 1.82) is 0 Å². The van der Waals surface area contributed by atoms with E-state index in [0.717, 1.165) is 30.6 Å². The van der Waals surface area contributed by atoms with Gasteiger partial charge in [0.1, 0.15) is 12.1 Å². The normalized spacial score (nSPS) is 18.1. The molecule has 18 heavy (non-hydrogen) atoms. The SMILES string of the molecule is CN1CCCc2cc(C(O)C(N)C(=O)O)ccc21. The molecule has 1 aromatic carbocycles. The number of aliphatic hydroxyl groups excluding tert-OH is 1. The summed E-state index contributed by atoms with van der Waals surface area (Å²) in [7, 11) is 2.02. The first-order valence-electron chi connectivity index (χ1n) is 6.01. The second-order valence-electron chi connectivity index (χ2n) is 4.72. The molecule has 0 aromatic heterocycles. The smallest absolute Gasteiger partial charge is 0.323 e. The van der Waals surface area contributed by atoms with Crippen molar-refractivity contribution in [2.45, 2.75) is 25.0 Å². The lowest BCUT2D eigenvalue weighted by molar-refractivity contribution is -0.141. The molecular weight excluding hydrogens is 232 g/mol. The fraction of sp³-hybridized carbons (Fsp3) is 0.462. The van der Waals surface area contributed by atoms with Crippen LogP contribution in [0.2, 0.25) is 0 Å². The minimum atomic E-state index is -1.29. The third kappa shape index (κ3) is 2.32. The monoisotopic (exact) mass is 250 g/mol. The van der Waals surface area contributed by atoms with E-state index in [0.29, 0.717) is 5.56 Å². The Morgan fingerprint density at radius 3 is 2.89 bits per heavy atom. The van der Waals surface area contributed by atoms with Crippen LogP contribution in [0.3, 0.4) is 0 Å². The highest BCUT2D eigenvalue weighted by molar-refractivity contribution is 5.74. The van der Waals surface area contributed by atoms with Crippen molar-refractivity contribution in [2.75, 3.05) is 18.5 Å². The van der Waals surface area contributed by atoms with E-state index in [-0.39, 0.29) is 0 Å². The number of nitrogens with zero attached hydrogens (tertiary/aromatic N) is 1. The van der Waals surface area contributed by atoms with Crippen LogP contribution in [0.15, 0.2) is 18.2 Å². The molecule has 2 atom stereocenters. The zero-order valence-corrected chi connectivity index (χ0v) is 10.3. The van der Waals surface area contributed by atoms with Gasteiger partial charge in [-0.05, 0) is 30.0 Å². The largest absolute Gasteiger partial charge is 0.480 e. The first kappa shape index (κ1) is 12.9. The number of aryl methyl sites for hydroxylation is 1. The van der Waals surface area contributed by atoms with E-state index in [1.54, 1.807) is 6.07 Å². The van der Waals surface area contributed by atoms with Gasteiger partial charge < -0.3 is 20.8 Å². The second-order valence-corrected chi connectivity index (χ2v) is 4.72. The molecule has 5 heteroatoms. The summed E-state index contributed by atoms with van der Waals surface area (Å²) in [4.78, 5) is 12.9. The van der Waals surface area contributed by atoms with Crippen molar-refractivity contribution in [3.8, 4) is 0 Å². The second kappa shape index (κ2) is 4.96. The Kier molecular flexibility index (Phi) is 3.54. The topological polar surface area (TPSA) is 86.8 Å². The highest BCUT2D eigenvalue weighted by Gasteiger charge is 2.25. The molecule has 0 aliphatic carbocycles. The van der Waals surface area contributed by atoms with Crippen LogP contribution >= 0.6 is 0 Å². The van der Waals surface area contributed by atoms with E-state index < -0.39 is 18.1 Å². The van der Waals surface area contributed by atoms with Crippen LogP contribution in [0, 0.1) is 0 Å². The predicted octanol–water partition coefficient (Wildman–Crippen LogP) is 0.514. The number of benzene rings is 1. The summed E-state index contributed by atoms with van der Waals surface area (Å²) >= 11 is 0. The Morgan fingerprint density at radius 1 is 1.50 bits per heavy atom. The minimum Gasteiger partial charge on any atom is -0.480 e. The first-order chi connectivity index (χ1) is 8.50. The summed E-state index contributed by atoms with van der Waals surface area (Å²) in [6, 6.07) is 4.23. The number of nitrogens with two attached hydrogens (primary N) is 1. The van der Waals surface area contributed by atoms with Gasteiger partial charge in [0.15, 0.2) is 0 Å². The quantitative estimate of drug-likeness (QED) is 0.728. The number of carboxylic acids is 1. The number of carboxylic acid groups (broad SMARTS) is 1. The van der Waals surface area contributed by atoms with E-state index in [4.69, 9.17) is 10.8 Å². The number of anilines is 1. The molecular formula is C13H18N2O3. The zero-order valence-electron chi connectivity index (χ0n) is 10.3. The predicted molar refractivity (Wildman–Crippen MR) is 68.6 cm³/mol. The number of carbonyl (C=O) groups is 1. The van der Waals surface area contributed by atoms with E-state index in [1.807, 2.05) is 19.2 Å². The maximum atomic E-state index is 10.8. The third-order valence-electron chi connectivity index (χ3n) is 3.42. The van der Waals surface area contributed by atoms with E-state index in [1.165, 1.54) is 0 Å².